The zero-order chi connectivity index (χ0) is 39.9. The average molecular weight is 858 g/mol. The van der Waals surface area contributed by atoms with Crippen LogP contribution in [0.15, 0.2) is 24.3 Å². The molecule has 9 heteroatoms. The first-order chi connectivity index (χ1) is 25.7. The van der Waals surface area contributed by atoms with Crippen molar-refractivity contribution >= 4 is 45.0 Å². The molecule has 0 heterocycles. The van der Waals surface area contributed by atoms with Gasteiger partial charge >= 0.3 is 93.4 Å². The van der Waals surface area contributed by atoms with Crippen molar-refractivity contribution in [1.82, 2.24) is 0 Å². The number of esters is 2. The van der Waals surface area contributed by atoms with Crippen LogP contribution in [0.2, 0.25) is 8.87 Å². The van der Waals surface area contributed by atoms with Crippen LogP contribution >= 0.6 is 0 Å². The van der Waals surface area contributed by atoms with E-state index in [1.807, 2.05) is 0 Å². The van der Waals surface area contributed by atoms with Gasteiger partial charge in [0.05, 0.1) is 13.2 Å². The first kappa shape index (κ1) is 55.5. The molecule has 0 aliphatic heterocycles. The first-order valence-electron chi connectivity index (χ1n) is 21.6. The molecule has 0 atom stereocenters. The minimum atomic E-state index is -1.14. The van der Waals surface area contributed by atoms with Crippen LogP contribution in [0.1, 0.15) is 207 Å². The molecule has 53 heavy (non-hydrogen) atoms. The average Bonchev–Trinajstić information content (AvgIpc) is 3.14. The third-order valence-corrected chi connectivity index (χ3v) is 12.7. The number of hydrogen-bond acceptors (Lipinski definition) is 6. The third kappa shape index (κ3) is 59.7. The molecule has 310 valence electrons. The predicted molar refractivity (Wildman–Crippen MR) is 223 cm³/mol. The van der Waals surface area contributed by atoms with Gasteiger partial charge < -0.3 is 19.7 Å². The zero-order valence-electron chi connectivity index (χ0n) is 34.8. The van der Waals surface area contributed by atoms with Crippen molar-refractivity contribution in [1.29, 1.82) is 0 Å². The fourth-order valence-corrected chi connectivity index (χ4v) is 9.49. The third-order valence-electron chi connectivity index (χ3n) is 8.62. The number of carbonyl (C=O) groups is 4. The molecule has 0 fully saturated rings. The number of rotatable bonds is 36. The number of carboxylic acids is 2. The molecule has 8 nitrogen and oxygen atoms in total. The van der Waals surface area contributed by atoms with Gasteiger partial charge in [-0.25, -0.2) is 19.2 Å². The Hall–Kier alpha value is -1.84. The fourth-order valence-electron chi connectivity index (χ4n) is 5.34. The molecule has 2 N–H and O–H groups in total. The zero-order valence-corrected chi connectivity index (χ0v) is 37.6. The van der Waals surface area contributed by atoms with Crippen molar-refractivity contribution in [2.75, 3.05) is 13.2 Å². The molecule has 0 unspecified atom stereocenters. The SMILES string of the molecule is CCCCCCCCCCCCCCOC(=O)/C=C\C(=O)O.CCCCCCCCCCCCCCOC(=O)/C=C\C(=O)O.CCC[CH2][Sn][CH2]CCC. The van der Waals surface area contributed by atoms with Crippen LogP contribution in [0.5, 0.6) is 0 Å². The molecule has 0 saturated carbocycles. The maximum atomic E-state index is 11.1. The van der Waals surface area contributed by atoms with Gasteiger partial charge in [-0.3, -0.25) is 0 Å². The molecule has 0 aromatic carbocycles. The number of ether oxygens (including phenoxy) is 2. The van der Waals surface area contributed by atoms with E-state index in [-0.39, 0.29) is 21.1 Å². The summed E-state index contributed by atoms with van der Waals surface area (Å²) in [5.74, 6) is -3.43. The van der Waals surface area contributed by atoms with E-state index in [4.69, 9.17) is 19.7 Å². The summed E-state index contributed by atoms with van der Waals surface area (Å²) in [5, 5.41) is 16.7. The summed E-state index contributed by atoms with van der Waals surface area (Å²) in [6.45, 7) is 9.82. The summed E-state index contributed by atoms with van der Waals surface area (Å²) in [4.78, 5) is 42.5. The molecule has 0 aliphatic carbocycles. The van der Waals surface area contributed by atoms with Crippen molar-refractivity contribution < 1.29 is 38.9 Å². The molecule has 0 aromatic rings. The van der Waals surface area contributed by atoms with Gasteiger partial charge in [0, 0.05) is 24.3 Å². The molecule has 2 radical (unpaired) electrons. The van der Waals surface area contributed by atoms with E-state index in [0.717, 1.165) is 50.0 Å². The summed E-state index contributed by atoms with van der Waals surface area (Å²) in [5.41, 5.74) is 0. The minimum absolute atomic E-state index is 0.149. The summed E-state index contributed by atoms with van der Waals surface area (Å²) in [7, 11) is 0. The second kappa shape index (κ2) is 50.2. The summed E-state index contributed by atoms with van der Waals surface area (Å²) in [6.07, 6.45) is 39.7. The molecule has 0 saturated heterocycles. The predicted octanol–water partition coefficient (Wildman–Crippen LogP) is 12.9. The Morgan fingerprint density at radius 2 is 0.623 bits per heavy atom. The van der Waals surface area contributed by atoms with E-state index in [1.165, 1.54) is 154 Å². The fraction of sp³-hybridized carbons (Fsp3) is 0.818. The second-order valence-electron chi connectivity index (χ2n) is 13.9. The van der Waals surface area contributed by atoms with Gasteiger partial charge in [-0.1, -0.05) is 155 Å². The molecule has 0 rings (SSSR count). The van der Waals surface area contributed by atoms with E-state index >= 15 is 0 Å². The van der Waals surface area contributed by atoms with Crippen LogP contribution in [0.25, 0.3) is 0 Å². The van der Waals surface area contributed by atoms with Gasteiger partial charge in [-0.05, 0) is 12.8 Å². The molecule has 0 amide bonds. The Morgan fingerprint density at radius 1 is 0.377 bits per heavy atom. The Bertz CT molecular complexity index is 790. The van der Waals surface area contributed by atoms with Gasteiger partial charge in [-0.15, -0.1) is 0 Å². The van der Waals surface area contributed by atoms with Crippen molar-refractivity contribution in [3.63, 3.8) is 0 Å². The Labute approximate surface area is 336 Å². The Kier molecular flexibility index (Phi) is 52.5. The molecular formula is C44H82O8Sn. The maximum absolute atomic E-state index is 11.1. The topological polar surface area (TPSA) is 127 Å². The molecule has 0 aliphatic rings. The van der Waals surface area contributed by atoms with Crippen molar-refractivity contribution in [2.24, 2.45) is 0 Å². The van der Waals surface area contributed by atoms with Crippen molar-refractivity contribution in [3.8, 4) is 0 Å². The Morgan fingerprint density at radius 3 is 0.868 bits per heavy atom. The van der Waals surface area contributed by atoms with E-state index in [9.17, 15) is 19.2 Å². The normalized spacial score (nSPS) is 10.8. The van der Waals surface area contributed by atoms with Crippen molar-refractivity contribution in [2.45, 2.75) is 216 Å². The van der Waals surface area contributed by atoms with E-state index in [2.05, 4.69) is 27.7 Å². The monoisotopic (exact) mass is 859 g/mol. The number of carboxylic acid groups (broad SMARTS) is 2. The molecule has 0 bridgehead atoms. The van der Waals surface area contributed by atoms with Gasteiger partial charge in [0.25, 0.3) is 0 Å². The van der Waals surface area contributed by atoms with Crippen LogP contribution in [0.3, 0.4) is 0 Å². The van der Waals surface area contributed by atoms with Crippen molar-refractivity contribution in [3.05, 3.63) is 24.3 Å². The molecule has 0 spiro atoms. The molecule has 0 aromatic heterocycles. The summed E-state index contributed by atoms with van der Waals surface area (Å²) in [6, 6.07) is 0. The van der Waals surface area contributed by atoms with Gasteiger partial charge in [0.1, 0.15) is 0 Å². The summed E-state index contributed by atoms with van der Waals surface area (Å²) >= 11 is 0.149. The van der Waals surface area contributed by atoms with Crippen LogP contribution in [0.4, 0.5) is 0 Å². The van der Waals surface area contributed by atoms with Gasteiger partial charge in [-0.2, -0.15) is 0 Å². The number of unbranched alkanes of at least 4 members (excludes halogenated alkanes) is 24. The first-order valence-corrected chi connectivity index (χ1v) is 25.6. The Balaban J connectivity index is -0.000000768. The number of hydrogen-bond donors (Lipinski definition) is 2. The number of carbonyl (C=O) groups excluding carboxylic acids is 2. The van der Waals surface area contributed by atoms with Gasteiger partial charge in [0.15, 0.2) is 0 Å². The summed E-state index contributed by atoms with van der Waals surface area (Å²) < 4.78 is 13.0. The van der Waals surface area contributed by atoms with E-state index < -0.39 is 23.9 Å². The standard InChI is InChI=1S/2C18H32O4.2C4H9.Sn/c2*1-2-3-4-5-6-7-8-9-10-11-12-13-16-22-18(21)15-14-17(19)20;2*1-3-4-2;/h2*14-15H,2-13,16H2,1H3,(H,19,20);2*1,3-4H2,2H3;/b2*15-14-;;;. The van der Waals surface area contributed by atoms with Crippen LogP contribution in [-0.4, -0.2) is 68.4 Å². The van der Waals surface area contributed by atoms with Crippen LogP contribution < -0.4 is 0 Å². The second-order valence-corrected chi connectivity index (χ2v) is 18.2. The van der Waals surface area contributed by atoms with Crippen LogP contribution in [-0.2, 0) is 28.7 Å². The molecular weight excluding hydrogens is 775 g/mol. The van der Waals surface area contributed by atoms with Gasteiger partial charge in [0.2, 0.25) is 0 Å². The number of aliphatic carboxylic acids is 2. The quantitative estimate of drug-likeness (QED) is 0.0276. The van der Waals surface area contributed by atoms with E-state index in [0.29, 0.717) is 13.2 Å². The van der Waals surface area contributed by atoms with Crippen LogP contribution in [0, 0.1) is 0 Å². The van der Waals surface area contributed by atoms with E-state index in [1.54, 1.807) is 8.87 Å².